The second kappa shape index (κ2) is 24.8. The number of thiazole rings is 1. The minimum atomic E-state index is -1.03. The quantitative estimate of drug-likeness (QED) is 0.0502. The van der Waals surface area contributed by atoms with Gasteiger partial charge >= 0.3 is 0 Å². The number of unbranched alkanes of at least 4 members (excludes halogenated alkanes) is 3. The molecule has 0 unspecified atom stereocenters. The van der Waals surface area contributed by atoms with Gasteiger partial charge in [-0.1, -0.05) is 81.6 Å². The molecule has 5 aromatic rings. The molecule has 2 aromatic carbocycles. The van der Waals surface area contributed by atoms with E-state index in [2.05, 4.69) is 45.7 Å². The molecule has 6 heterocycles. The number of carbonyl (C=O) groups is 5. The largest absolute Gasteiger partial charge is 0.391 e. The van der Waals surface area contributed by atoms with Crippen molar-refractivity contribution in [2.75, 3.05) is 57.3 Å². The van der Waals surface area contributed by atoms with Gasteiger partial charge in [-0.3, -0.25) is 28.9 Å². The van der Waals surface area contributed by atoms with Gasteiger partial charge in [0.1, 0.15) is 29.9 Å². The van der Waals surface area contributed by atoms with Crippen LogP contribution in [-0.2, 0) is 30.5 Å². The Bertz CT molecular complexity index is 2750. The molecule has 3 aliphatic heterocycles. The summed E-state index contributed by atoms with van der Waals surface area (Å²) in [6.07, 6.45) is 7.77. The molecular formula is C55H73ClN12O6S. The number of likely N-dealkylation sites (tertiary alicyclic amines) is 1. The average Bonchev–Trinajstić information content (AvgIpc) is 4.17. The first-order valence-electron chi connectivity index (χ1n) is 26.4. The zero-order valence-electron chi connectivity index (χ0n) is 43.7. The highest BCUT2D eigenvalue weighted by molar-refractivity contribution is 7.13. The molecule has 3 aliphatic rings. The van der Waals surface area contributed by atoms with Gasteiger partial charge in [0.2, 0.25) is 29.5 Å². The van der Waals surface area contributed by atoms with E-state index in [0.29, 0.717) is 69.7 Å². The number of carbonyl (C=O) groups excluding carboxylic acids is 5. The molecule has 7 N–H and O–H groups in total. The molecular weight excluding hydrogens is 992 g/mol. The fraction of sp³-hybridized carbons (Fsp3) is 0.527. The maximum Gasteiger partial charge on any atom is 0.246 e. The second-order valence-corrected chi connectivity index (χ2v) is 22.8. The summed E-state index contributed by atoms with van der Waals surface area (Å²) in [5.74, 6) is -0.221. The van der Waals surface area contributed by atoms with Crippen LogP contribution < -0.4 is 26.6 Å². The molecule has 5 amide bonds. The number of aromatic nitrogens is 4. The number of benzene rings is 2. The number of nitrogens with two attached hydrogens (primary N) is 1. The number of fused-ring (bicyclic) bond motifs is 1. The van der Waals surface area contributed by atoms with Crippen LogP contribution in [0.15, 0.2) is 72.6 Å². The molecule has 3 saturated heterocycles. The number of H-pyrrole nitrogens is 1. The molecule has 0 aliphatic carbocycles. The van der Waals surface area contributed by atoms with Crippen LogP contribution in [0.4, 0.5) is 5.82 Å². The van der Waals surface area contributed by atoms with E-state index >= 15 is 0 Å². The lowest BCUT2D eigenvalue weighted by atomic mass is 9.85. The molecule has 3 fully saturated rings. The van der Waals surface area contributed by atoms with E-state index in [1.54, 1.807) is 17.7 Å². The number of aliphatic hydroxyl groups excluding tert-OH is 1. The van der Waals surface area contributed by atoms with Crippen molar-refractivity contribution in [2.24, 2.45) is 11.1 Å². The van der Waals surface area contributed by atoms with Gasteiger partial charge in [-0.2, -0.15) is 0 Å². The first-order chi connectivity index (χ1) is 36.0. The van der Waals surface area contributed by atoms with Crippen molar-refractivity contribution in [3.05, 3.63) is 94.5 Å². The zero-order valence-corrected chi connectivity index (χ0v) is 45.2. The third-order valence-corrected chi connectivity index (χ3v) is 16.3. The number of nitrogens with zero attached hydrogens (tertiary/aromatic N) is 7. The summed E-state index contributed by atoms with van der Waals surface area (Å²) in [5, 5.41) is 21.4. The van der Waals surface area contributed by atoms with Crippen molar-refractivity contribution in [3.8, 4) is 10.4 Å². The van der Waals surface area contributed by atoms with Crippen molar-refractivity contribution in [1.82, 2.24) is 50.6 Å². The molecule has 20 heteroatoms. The van der Waals surface area contributed by atoms with E-state index in [4.69, 9.17) is 17.3 Å². The van der Waals surface area contributed by atoms with E-state index in [-0.39, 0.29) is 55.6 Å². The number of nitrogens with one attached hydrogen (secondary N) is 4. The maximum atomic E-state index is 14.1. The Labute approximate surface area is 448 Å². The Morgan fingerprint density at radius 2 is 1.60 bits per heavy atom. The molecule has 18 nitrogen and oxygen atoms in total. The lowest BCUT2D eigenvalue weighted by Gasteiger charge is -2.39. The number of β-amino-alcohol motifs (C(OH)–C–C–N with tert-alkyl or cyclic N) is 1. The van der Waals surface area contributed by atoms with Crippen molar-refractivity contribution >= 4 is 69.3 Å². The summed E-state index contributed by atoms with van der Waals surface area (Å²) in [6, 6.07) is 15.4. The molecule has 0 spiro atoms. The minimum Gasteiger partial charge on any atom is -0.391 e. The number of hydrogen-bond acceptors (Lipinski definition) is 13. The summed E-state index contributed by atoms with van der Waals surface area (Å²) in [6.45, 7) is 12.5. The van der Waals surface area contributed by atoms with Crippen molar-refractivity contribution < 1.29 is 29.1 Å². The number of hydrogen-bond donors (Lipinski definition) is 6. The molecule has 75 heavy (non-hydrogen) atoms. The van der Waals surface area contributed by atoms with Gasteiger partial charge in [0.05, 0.1) is 39.2 Å². The Balaban J connectivity index is 0.728. The van der Waals surface area contributed by atoms with E-state index < -0.39 is 35.0 Å². The molecule has 0 bridgehead atoms. The van der Waals surface area contributed by atoms with Crippen molar-refractivity contribution in [1.29, 1.82) is 0 Å². The topological polar surface area (TPSA) is 235 Å². The average molecular weight is 1070 g/mol. The number of piperidine rings is 1. The third-order valence-electron chi connectivity index (χ3n) is 15.0. The van der Waals surface area contributed by atoms with Crippen molar-refractivity contribution in [2.45, 2.75) is 128 Å². The van der Waals surface area contributed by atoms with Gasteiger partial charge in [-0.25, -0.2) is 15.0 Å². The number of aromatic amines is 1. The number of rotatable bonds is 20. The number of halogens is 1. The second-order valence-electron chi connectivity index (χ2n) is 21.5. The maximum absolute atomic E-state index is 14.1. The van der Waals surface area contributed by atoms with Gasteiger partial charge in [0, 0.05) is 89.4 Å². The van der Waals surface area contributed by atoms with Crippen LogP contribution in [0.3, 0.4) is 0 Å². The summed E-state index contributed by atoms with van der Waals surface area (Å²) in [7, 11) is 0. The first-order valence-corrected chi connectivity index (χ1v) is 27.6. The fourth-order valence-electron chi connectivity index (χ4n) is 10.4. The van der Waals surface area contributed by atoms with Crippen LogP contribution in [-0.4, -0.2) is 145 Å². The van der Waals surface area contributed by atoms with Crippen LogP contribution in [0, 0.1) is 12.3 Å². The SMILES string of the molecule is Cc1ncsc1-c1ccc(CNC(=O)[C@@H]2C[C@@H](O)CN2C(=O)[C@@H](NC(=O)CCCCCCC(=O)N2CCN(CC[C@H](NC(=O)C3(N)CCN(c4ncnc5[nH]ccc45)CC3)c3ccc(Cl)cc3)CC2)C(C)(C)C)cc1. The lowest BCUT2D eigenvalue weighted by Crippen LogP contribution is -2.60. The van der Waals surface area contributed by atoms with Gasteiger partial charge in [-0.15, -0.1) is 11.3 Å². The van der Waals surface area contributed by atoms with E-state index in [9.17, 15) is 29.1 Å². The van der Waals surface area contributed by atoms with E-state index in [1.165, 1.54) is 4.90 Å². The lowest BCUT2D eigenvalue weighted by molar-refractivity contribution is -0.144. The van der Waals surface area contributed by atoms with E-state index in [0.717, 1.165) is 76.6 Å². The first kappa shape index (κ1) is 55.2. The van der Waals surface area contributed by atoms with Crippen LogP contribution in [0.25, 0.3) is 21.5 Å². The summed E-state index contributed by atoms with van der Waals surface area (Å²) in [4.78, 5) is 93.4. The normalized spacial score (nSPS) is 18.9. The Hall–Kier alpha value is -5.99. The highest BCUT2D eigenvalue weighted by Gasteiger charge is 2.45. The third kappa shape index (κ3) is 14.1. The van der Waals surface area contributed by atoms with Gasteiger partial charge in [-0.05, 0) is 79.3 Å². The Morgan fingerprint density at radius 3 is 2.28 bits per heavy atom. The summed E-state index contributed by atoms with van der Waals surface area (Å²) >= 11 is 7.83. The smallest absolute Gasteiger partial charge is 0.246 e. The number of piperazine rings is 1. The van der Waals surface area contributed by atoms with Gasteiger partial charge in [0.25, 0.3) is 0 Å². The monoisotopic (exact) mass is 1060 g/mol. The number of anilines is 1. The molecule has 4 atom stereocenters. The van der Waals surface area contributed by atoms with Gasteiger partial charge < -0.3 is 46.5 Å². The Kier molecular flexibility index (Phi) is 18.3. The highest BCUT2D eigenvalue weighted by atomic mass is 35.5. The number of aryl methyl sites for hydroxylation is 1. The van der Waals surface area contributed by atoms with Crippen LogP contribution in [0.1, 0.15) is 108 Å². The number of amides is 5. The van der Waals surface area contributed by atoms with Crippen LogP contribution in [0.5, 0.6) is 0 Å². The highest BCUT2D eigenvalue weighted by Crippen LogP contribution is 2.31. The standard InChI is InChI=1S/C55H73ClN12O6S/c1-36-47(75-35-62-36)39-13-11-37(12-14-39)32-59-51(72)44-31-41(69)33-68(44)52(73)48(54(2,3)4)64-45(70)9-7-5-6-8-10-46(71)66-29-27-65(28-30-66)24-20-43(38-15-17-40(56)18-16-38)63-53(74)55(57)21-25-67(26-22-55)50-42-19-23-58-49(42)60-34-61-50/h11-19,23,34-35,41,43-44,48,69H,5-10,20-22,24-33,57H2,1-4H3,(H,59,72)(H,63,74)(H,64,70)(H,58,60,61)/t41-,43+,44+,48-/m1/s1. The van der Waals surface area contributed by atoms with Gasteiger partial charge in [0.15, 0.2) is 0 Å². The molecule has 8 rings (SSSR count). The zero-order chi connectivity index (χ0) is 53.3. The van der Waals surface area contributed by atoms with Crippen LogP contribution >= 0.6 is 22.9 Å². The summed E-state index contributed by atoms with van der Waals surface area (Å²) < 4.78 is 0. The number of aliphatic hydroxyl groups is 1. The van der Waals surface area contributed by atoms with Crippen LogP contribution in [0.2, 0.25) is 5.02 Å². The minimum absolute atomic E-state index is 0.00529. The molecule has 402 valence electrons. The predicted octanol–water partition coefficient (Wildman–Crippen LogP) is 5.88. The summed E-state index contributed by atoms with van der Waals surface area (Å²) in [5.41, 5.74) is 11.6. The fourth-order valence-corrected chi connectivity index (χ4v) is 11.3. The predicted molar refractivity (Wildman–Crippen MR) is 292 cm³/mol. The van der Waals surface area contributed by atoms with Crippen molar-refractivity contribution in [3.63, 3.8) is 0 Å². The molecule has 0 saturated carbocycles. The van der Waals surface area contributed by atoms with E-state index in [1.807, 2.05) is 98.9 Å². The molecule has 0 radical (unpaired) electrons. The Morgan fingerprint density at radius 1 is 0.893 bits per heavy atom. The molecule has 3 aromatic heterocycles.